The fourth-order valence-corrected chi connectivity index (χ4v) is 2.85. The molecule has 0 atom stereocenters. The second kappa shape index (κ2) is 9.34. The highest BCUT2D eigenvalue weighted by atomic mass is 16.5. The van der Waals surface area contributed by atoms with Crippen molar-refractivity contribution in [1.82, 2.24) is 4.90 Å². The molecule has 2 rings (SSSR count). The number of aliphatic hydroxyl groups is 1. The first-order valence-corrected chi connectivity index (χ1v) is 9.04. The molecule has 152 valence electrons. The number of amides is 1. The largest absolute Gasteiger partial charge is 0.492 e. The summed E-state index contributed by atoms with van der Waals surface area (Å²) in [4.78, 5) is 17.8. The summed E-state index contributed by atoms with van der Waals surface area (Å²) in [5.41, 5.74) is 16.2. The van der Waals surface area contributed by atoms with E-state index in [2.05, 4.69) is 9.89 Å². The highest BCUT2D eigenvalue weighted by molar-refractivity contribution is 6.22. The maximum atomic E-state index is 11.5. The highest BCUT2D eigenvalue weighted by Gasteiger charge is 2.26. The molecule has 1 amide bonds. The van der Waals surface area contributed by atoms with Gasteiger partial charge in [-0.15, -0.1) is 0 Å². The quantitative estimate of drug-likeness (QED) is 0.243. The predicted molar refractivity (Wildman–Crippen MR) is 109 cm³/mol. The molecule has 1 fully saturated rings. The summed E-state index contributed by atoms with van der Waals surface area (Å²) in [6.45, 7) is 4.92. The Hall–Kier alpha value is -2.91. The Labute approximate surface area is 164 Å². The molecule has 28 heavy (non-hydrogen) atoms. The third kappa shape index (κ3) is 6.07. The van der Waals surface area contributed by atoms with Crippen LogP contribution in [0.15, 0.2) is 40.5 Å². The van der Waals surface area contributed by atoms with Crippen LogP contribution in [0.4, 0.5) is 5.69 Å². The first-order valence-electron chi connectivity index (χ1n) is 9.04. The predicted octanol–water partition coefficient (Wildman–Crippen LogP) is 0.249. The van der Waals surface area contributed by atoms with Crippen LogP contribution < -0.4 is 21.9 Å². The van der Waals surface area contributed by atoms with Gasteiger partial charge >= 0.3 is 0 Å². The maximum absolute atomic E-state index is 11.5. The molecule has 9 nitrogen and oxygen atoms in total. The Kier molecular flexibility index (Phi) is 7.13. The van der Waals surface area contributed by atoms with Gasteiger partial charge in [0.25, 0.3) is 5.91 Å². The lowest BCUT2D eigenvalue weighted by Gasteiger charge is -2.35. The Balaban J connectivity index is 1.91. The van der Waals surface area contributed by atoms with Crippen LogP contribution in [0.25, 0.3) is 0 Å². The van der Waals surface area contributed by atoms with Gasteiger partial charge in [0, 0.05) is 25.8 Å². The average Bonchev–Trinajstić information content (AvgIpc) is 2.64. The van der Waals surface area contributed by atoms with Crippen LogP contribution in [0.1, 0.15) is 19.8 Å². The van der Waals surface area contributed by atoms with Crippen molar-refractivity contribution in [2.75, 3.05) is 26.2 Å². The average molecular weight is 388 g/mol. The van der Waals surface area contributed by atoms with E-state index in [1.807, 2.05) is 6.92 Å². The lowest BCUT2D eigenvalue weighted by Crippen LogP contribution is -2.43. The van der Waals surface area contributed by atoms with Crippen LogP contribution in [0.2, 0.25) is 0 Å². The molecular formula is C19H28N6O3. The van der Waals surface area contributed by atoms with E-state index in [4.69, 9.17) is 27.3 Å². The number of hydrogen-bond donors (Lipinski definition) is 5. The molecule has 0 aromatic heterocycles. The Morgan fingerprint density at radius 2 is 1.89 bits per heavy atom. The molecule has 1 heterocycles. The second-order valence-corrected chi connectivity index (χ2v) is 7.02. The van der Waals surface area contributed by atoms with Crippen LogP contribution in [-0.4, -0.2) is 59.8 Å². The number of piperidine rings is 1. The number of aliphatic imine (C=N–C) groups is 1. The number of likely N-dealkylation sites (tertiary alicyclic amines) is 1. The van der Waals surface area contributed by atoms with E-state index in [0.29, 0.717) is 18.0 Å². The molecule has 0 saturated carbocycles. The molecule has 0 radical (unpaired) electrons. The van der Waals surface area contributed by atoms with E-state index in [-0.39, 0.29) is 17.1 Å². The minimum atomic E-state index is -0.846. The van der Waals surface area contributed by atoms with E-state index < -0.39 is 11.5 Å². The molecule has 1 aliphatic rings. The summed E-state index contributed by atoms with van der Waals surface area (Å²) >= 11 is 0. The van der Waals surface area contributed by atoms with Crippen molar-refractivity contribution in [2.45, 2.75) is 25.4 Å². The fraction of sp³-hybridized carbons (Fsp3) is 0.421. The van der Waals surface area contributed by atoms with Gasteiger partial charge in [-0.1, -0.05) is 0 Å². The number of primary amides is 1. The molecule has 0 spiro atoms. The van der Waals surface area contributed by atoms with Crippen LogP contribution >= 0.6 is 0 Å². The summed E-state index contributed by atoms with van der Waals surface area (Å²) in [5, 5.41) is 17.1. The number of carbonyl (C=O) groups is 1. The number of rotatable bonds is 8. The highest BCUT2D eigenvalue weighted by Crippen LogP contribution is 2.21. The van der Waals surface area contributed by atoms with E-state index >= 15 is 0 Å². The van der Waals surface area contributed by atoms with Gasteiger partial charge in [-0.25, -0.2) is 4.99 Å². The smallest absolute Gasteiger partial charge is 0.254 e. The number of allylic oxidation sites excluding steroid dienone is 1. The van der Waals surface area contributed by atoms with Crippen molar-refractivity contribution < 1.29 is 14.6 Å². The number of nitrogens with two attached hydrogens (primary N) is 3. The summed E-state index contributed by atoms with van der Waals surface area (Å²) in [5.74, 6) is -0.309. The van der Waals surface area contributed by atoms with Crippen LogP contribution in [-0.2, 0) is 4.79 Å². The van der Waals surface area contributed by atoms with Gasteiger partial charge in [-0.2, -0.15) is 0 Å². The Bertz CT molecular complexity index is 760. The van der Waals surface area contributed by atoms with Crippen LogP contribution in [0.3, 0.4) is 0 Å². The fourth-order valence-electron chi connectivity index (χ4n) is 2.85. The molecular weight excluding hydrogens is 360 g/mol. The molecule has 0 aliphatic carbocycles. The van der Waals surface area contributed by atoms with Gasteiger partial charge in [0.05, 0.1) is 17.0 Å². The van der Waals surface area contributed by atoms with Gasteiger partial charge in [-0.3, -0.25) is 9.69 Å². The zero-order chi connectivity index (χ0) is 20.7. The summed E-state index contributed by atoms with van der Waals surface area (Å²) in [6.07, 6.45) is 2.33. The minimum Gasteiger partial charge on any atom is -0.492 e. The van der Waals surface area contributed by atoms with Gasteiger partial charge in [0.15, 0.2) is 0 Å². The molecule has 0 unspecified atom stereocenters. The van der Waals surface area contributed by atoms with E-state index in [9.17, 15) is 9.90 Å². The van der Waals surface area contributed by atoms with Crippen molar-refractivity contribution in [1.29, 1.82) is 5.41 Å². The number of hydrogen-bond acceptors (Lipinski definition) is 7. The van der Waals surface area contributed by atoms with Crippen molar-refractivity contribution in [3.63, 3.8) is 0 Å². The van der Waals surface area contributed by atoms with Crippen LogP contribution in [0.5, 0.6) is 5.75 Å². The van der Waals surface area contributed by atoms with Gasteiger partial charge in [0.2, 0.25) is 0 Å². The van der Waals surface area contributed by atoms with Gasteiger partial charge in [0.1, 0.15) is 23.8 Å². The first kappa shape index (κ1) is 21.4. The first-order chi connectivity index (χ1) is 13.2. The number of ether oxygens (including phenoxy) is 1. The van der Waals surface area contributed by atoms with E-state index in [1.54, 1.807) is 24.3 Å². The van der Waals surface area contributed by atoms with Gasteiger partial charge < -0.3 is 32.5 Å². The standard InChI is InChI=1S/C19H28N6O3/c1-19(27)6-8-25(9-7-19)10-11-28-14-4-2-13(3-5-14)24-17(22)16(18(23)26)15(21)12-20/h2-5,12,20,27H,6-11,21H2,1H3,(H2,22,24)(H2,23,26)/b16-15+,20-12?. The van der Waals surface area contributed by atoms with E-state index in [0.717, 1.165) is 38.7 Å². The number of carbonyl (C=O) groups excluding carboxylic acids is 1. The van der Waals surface area contributed by atoms with Crippen molar-refractivity contribution in [3.8, 4) is 5.75 Å². The molecule has 8 N–H and O–H groups in total. The lowest BCUT2D eigenvalue weighted by molar-refractivity contribution is -0.114. The number of nitrogens with one attached hydrogen (secondary N) is 1. The maximum Gasteiger partial charge on any atom is 0.254 e. The molecule has 1 aliphatic heterocycles. The van der Waals surface area contributed by atoms with Crippen molar-refractivity contribution in [3.05, 3.63) is 35.5 Å². The van der Waals surface area contributed by atoms with Crippen LogP contribution in [0, 0.1) is 5.41 Å². The monoisotopic (exact) mass is 388 g/mol. The zero-order valence-electron chi connectivity index (χ0n) is 16.0. The topological polar surface area (TPSA) is 164 Å². The third-order valence-electron chi connectivity index (χ3n) is 4.64. The molecule has 1 saturated heterocycles. The van der Waals surface area contributed by atoms with Crippen molar-refractivity contribution >= 4 is 23.6 Å². The summed E-state index contributed by atoms with van der Waals surface area (Å²) < 4.78 is 5.74. The molecule has 1 aromatic rings. The van der Waals surface area contributed by atoms with Gasteiger partial charge in [-0.05, 0) is 44.0 Å². The second-order valence-electron chi connectivity index (χ2n) is 7.02. The number of benzene rings is 1. The SMILES string of the molecule is CC1(O)CCN(CCOc2ccc(N=C(N)/C(C(N)=O)=C(\N)C=N)cc2)CC1. The van der Waals surface area contributed by atoms with Crippen molar-refractivity contribution in [2.24, 2.45) is 22.2 Å². The minimum absolute atomic E-state index is 0.145. The summed E-state index contributed by atoms with van der Waals surface area (Å²) in [7, 11) is 0. The normalized spacial score (nSPS) is 18.3. The molecule has 1 aromatic carbocycles. The number of nitrogens with zero attached hydrogens (tertiary/aromatic N) is 2. The Morgan fingerprint density at radius 3 is 2.43 bits per heavy atom. The molecule has 9 heteroatoms. The third-order valence-corrected chi connectivity index (χ3v) is 4.64. The molecule has 0 bridgehead atoms. The number of amidine groups is 1. The Morgan fingerprint density at radius 1 is 1.29 bits per heavy atom. The van der Waals surface area contributed by atoms with E-state index in [1.165, 1.54) is 0 Å². The zero-order valence-corrected chi connectivity index (χ0v) is 16.0. The summed E-state index contributed by atoms with van der Waals surface area (Å²) in [6, 6.07) is 6.89. The lowest BCUT2D eigenvalue weighted by atomic mass is 9.94.